The Kier molecular flexibility index (Phi) is 8.36. The first-order valence-electron chi connectivity index (χ1n) is 16.0. The topological polar surface area (TPSA) is 28.1 Å². The van der Waals surface area contributed by atoms with Gasteiger partial charge in [-0.2, -0.15) is 0 Å². The van der Waals surface area contributed by atoms with Crippen molar-refractivity contribution in [2.75, 3.05) is 0 Å². The number of allylic oxidation sites excluding steroid dienone is 13. The minimum absolute atomic E-state index is 0.999. The van der Waals surface area contributed by atoms with Crippen molar-refractivity contribution in [1.82, 2.24) is 4.98 Å². The second-order valence-electron chi connectivity index (χ2n) is 11.4. The summed E-state index contributed by atoms with van der Waals surface area (Å²) >= 11 is 0. The molecule has 40 heavy (non-hydrogen) atoms. The van der Waals surface area contributed by atoms with E-state index < -0.39 is 0 Å². The second kappa shape index (κ2) is 11.8. The van der Waals surface area contributed by atoms with Crippen LogP contribution in [-0.2, 0) is 12.8 Å². The normalized spacial score (nSPS) is 18.8. The van der Waals surface area contributed by atoms with Gasteiger partial charge in [-0.05, 0) is 149 Å². The van der Waals surface area contributed by atoms with Crippen LogP contribution < -0.4 is 0 Å². The number of H-pyrrole nitrogens is 1. The summed E-state index contributed by atoms with van der Waals surface area (Å²) in [6.07, 6.45) is 21.6. The van der Waals surface area contributed by atoms with Crippen molar-refractivity contribution in [3.05, 3.63) is 102 Å². The Hall–Kier alpha value is -3.13. The number of aromatic nitrogens is 1. The number of aromatic amines is 1. The van der Waals surface area contributed by atoms with Crippen molar-refractivity contribution in [2.45, 2.75) is 113 Å². The van der Waals surface area contributed by atoms with Crippen LogP contribution in [0.15, 0.2) is 84.6 Å². The van der Waals surface area contributed by atoms with Crippen molar-refractivity contribution in [1.29, 1.82) is 0 Å². The predicted octanol–water partition coefficient (Wildman–Crippen LogP) is 10.9. The van der Waals surface area contributed by atoms with Crippen LogP contribution >= 0.6 is 0 Å². The minimum atomic E-state index is 0.999. The van der Waals surface area contributed by atoms with Gasteiger partial charge in [0.15, 0.2) is 0 Å². The fourth-order valence-corrected chi connectivity index (χ4v) is 7.67. The molecule has 2 nitrogen and oxygen atoms in total. The summed E-state index contributed by atoms with van der Waals surface area (Å²) in [5.41, 5.74) is 22.4. The summed E-state index contributed by atoms with van der Waals surface area (Å²) in [7, 11) is 0. The van der Waals surface area contributed by atoms with Crippen LogP contribution in [0, 0.1) is 0 Å². The van der Waals surface area contributed by atoms with E-state index in [9.17, 15) is 0 Å². The molecule has 0 saturated heterocycles. The number of rotatable bonds is 8. The van der Waals surface area contributed by atoms with Gasteiger partial charge in [0.1, 0.15) is 0 Å². The predicted molar refractivity (Wildman–Crippen MR) is 175 cm³/mol. The number of hydrogen-bond acceptors (Lipinski definition) is 1. The standard InChI is InChI=1S/C38H48N2/c1-9-27-23-17-24-19-26(30(12-4)28(24)10-2)21-36-32(14-6)34(16-8)38(40-36)22-37-33(15-7)31(13-5)35(39-37)20-25(18-23)29(27)11-3/h17-18,20-22,40H,9-16,19H2,1-8H3. The van der Waals surface area contributed by atoms with Gasteiger partial charge in [-0.1, -0.05) is 61.5 Å². The summed E-state index contributed by atoms with van der Waals surface area (Å²) in [4.78, 5) is 9.23. The van der Waals surface area contributed by atoms with E-state index in [1.165, 1.54) is 67.1 Å². The van der Waals surface area contributed by atoms with Crippen LogP contribution in [0.4, 0.5) is 0 Å². The molecule has 2 aliphatic heterocycles. The summed E-state index contributed by atoms with van der Waals surface area (Å²) in [5.74, 6) is 0. The average molecular weight is 533 g/mol. The first kappa shape index (κ1) is 28.4. The van der Waals surface area contributed by atoms with Crippen molar-refractivity contribution in [3.63, 3.8) is 0 Å². The molecule has 4 aliphatic rings. The Morgan fingerprint density at radius 1 is 0.500 bits per heavy atom. The third kappa shape index (κ3) is 4.64. The van der Waals surface area contributed by atoms with Crippen LogP contribution in [0.1, 0.15) is 123 Å². The Balaban J connectivity index is 1.86. The molecule has 2 heteroatoms. The maximum atomic E-state index is 5.33. The molecule has 0 fully saturated rings. The van der Waals surface area contributed by atoms with Gasteiger partial charge < -0.3 is 4.98 Å². The molecule has 210 valence electrons. The third-order valence-electron chi connectivity index (χ3n) is 9.45. The summed E-state index contributed by atoms with van der Waals surface area (Å²) in [6, 6.07) is 0. The molecule has 0 atom stereocenters. The monoisotopic (exact) mass is 532 g/mol. The fraction of sp³-hybridized carbons (Fsp3) is 0.447. The van der Waals surface area contributed by atoms with Gasteiger partial charge in [-0.15, -0.1) is 0 Å². The molecule has 3 heterocycles. The summed E-state index contributed by atoms with van der Waals surface area (Å²) in [6.45, 7) is 18.4. The molecule has 2 aliphatic carbocycles. The highest BCUT2D eigenvalue weighted by Crippen LogP contribution is 2.45. The van der Waals surface area contributed by atoms with E-state index in [0.29, 0.717) is 0 Å². The first-order valence-corrected chi connectivity index (χ1v) is 16.0. The van der Waals surface area contributed by atoms with Gasteiger partial charge in [-0.3, -0.25) is 0 Å². The Bertz CT molecular complexity index is 1510. The van der Waals surface area contributed by atoms with E-state index in [2.05, 4.69) is 90.8 Å². The largest absolute Gasteiger partial charge is 0.355 e. The van der Waals surface area contributed by atoms with Crippen LogP contribution in [0.3, 0.4) is 0 Å². The maximum absolute atomic E-state index is 5.33. The molecule has 0 unspecified atom stereocenters. The number of fused-ring (bicyclic) bond motifs is 6. The zero-order chi connectivity index (χ0) is 28.6. The van der Waals surface area contributed by atoms with E-state index in [1.807, 2.05) is 0 Å². The molecule has 0 aromatic carbocycles. The van der Waals surface area contributed by atoms with E-state index in [-0.39, 0.29) is 0 Å². The van der Waals surface area contributed by atoms with Crippen molar-refractivity contribution < 1.29 is 0 Å². The minimum Gasteiger partial charge on any atom is -0.355 e. The smallest absolute Gasteiger partial charge is 0.0693 e. The molecule has 8 bridgehead atoms. The summed E-state index contributed by atoms with van der Waals surface area (Å²) in [5, 5.41) is 0. The number of nitrogens with zero attached hydrogens (tertiary/aromatic N) is 1. The highest BCUT2D eigenvalue weighted by molar-refractivity contribution is 6.13. The Labute approximate surface area is 242 Å². The lowest BCUT2D eigenvalue weighted by atomic mass is 9.95. The average Bonchev–Trinajstić information content (AvgIpc) is 3.67. The zero-order valence-electron chi connectivity index (χ0n) is 26.2. The zero-order valence-corrected chi connectivity index (χ0v) is 26.2. The molecule has 0 amide bonds. The van der Waals surface area contributed by atoms with Gasteiger partial charge >= 0.3 is 0 Å². The van der Waals surface area contributed by atoms with E-state index in [4.69, 9.17) is 4.99 Å². The molecule has 0 spiro atoms. The Morgan fingerprint density at radius 2 is 1.00 bits per heavy atom. The highest BCUT2D eigenvalue weighted by atomic mass is 14.8. The quantitative estimate of drug-likeness (QED) is 0.345. The first-order chi connectivity index (χ1) is 19.5. The molecule has 1 aromatic heterocycles. The van der Waals surface area contributed by atoms with Crippen molar-refractivity contribution in [3.8, 4) is 0 Å². The lowest BCUT2D eigenvalue weighted by Gasteiger charge is -2.09. The number of hydrogen-bond donors (Lipinski definition) is 1. The lowest BCUT2D eigenvalue weighted by Crippen LogP contribution is -1.98. The van der Waals surface area contributed by atoms with E-state index in [0.717, 1.165) is 69.2 Å². The van der Waals surface area contributed by atoms with Crippen molar-refractivity contribution >= 4 is 17.9 Å². The van der Waals surface area contributed by atoms with Gasteiger partial charge in [0.2, 0.25) is 0 Å². The second-order valence-corrected chi connectivity index (χ2v) is 11.4. The lowest BCUT2D eigenvalue weighted by molar-refractivity contribution is 1.04. The summed E-state index contributed by atoms with van der Waals surface area (Å²) < 4.78 is 0. The highest BCUT2D eigenvalue weighted by Gasteiger charge is 2.28. The molecule has 0 radical (unpaired) electrons. The van der Waals surface area contributed by atoms with E-state index in [1.54, 1.807) is 11.1 Å². The molecule has 5 rings (SSSR count). The van der Waals surface area contributed by atoms with Crippen LogP contribution in [0.5, 0.6) is 0 Å². The van der Waals surface area contributed by atoms with Crippen molar-refractivity contribution in [2.24, 2.45) is 4.99 Å². The van der Waals surface area contributed by atoms with Gasteiger partial charge in [0, 0.05) is 11.4 Å². The number of nitrogens with one attached hydrogen (secondary N) is 1. The molecule has 1 N–H and O–H groups in total. The fourth-order valence-electron chi connectivity index (χ4n) is 7.67. The van der Waals surface area contributed by atoms with E-state index >= 15 is 0 Å². The maximum Gasteiger partial charge on any atom is 0.0693 e. The number of aliphatic imine (C=N–C) groups is 1. The van der Waals surface area contributed by atoms with Gasteiger partial charge in [0.05, 0.1) is 11.4 Å². The molecule has 1 aromatic rings. The Morgan fingerprint density at radius 3 is 1.52 bits per heavy atom. The molecule has 0 saturated carbocycles. The third-order valence-corrected chi connectivity index (χ3v) is 9.45. The van der Waals surface area contributed by atoms with Gasteiger partial charge in [0.25, 0.3) is 0 Å². The SMILES string of the molecule is CCC1=C(CC)C2=CC3=NC(=Cc4[nH]c(c(CC)c4CC)C=C4CC(=CC1=C2)C(CC)=C4CC)C(CC)=C3CC. The molecular formula is C38H48N2. The van der Waals surface area contributed by atoms with Crippen LogP contribution in [-0.4, -0.2) is 10.7 Å². The molecular weight excluding hydrogens is 484 g/mol. The van der Waals surface area contributed by atoms with Crippen LogP contribution in [0.2, 0.25) is 0 Å². The van der Waals surface area contributed by atoms with Crippen LogP contribution in [0.25, 0.3) is 12.2 Å². The van der Waals surface area contributed by atoms with Gasteiger partial charge in [-0.25, -0.2) is 4.99 Å².